The van der Waals surface area contributed by atoms with Crippen LogP contribution < -0.4 is 0 Å². The van der Waals surface area contributed by atoms with Gasteiger partial charge in [0.15, 0.2) is 0 Å². The van der Waals surface area contributed by atoms with E-state index in [2.05, 4.69) is 31.1 Å². The maximum absolute atomic E-state index is 6.40. The molecule has 4 heteroatoms. The first-order valence-corrected chi connectivity index (χ1v) is 6.83. The van der Waals surface area contributed by atoms with E-state index >= 15 is 0 Å². The third-order valence-electron chi connectivity index (χ3n) is 3.05. The SMILES string of the molecule is Cc1ccc(-n2nc(C)c(CCCl)c2Cl)c(C)c1. The van der Waals surface area contributed by atoms with E-state index in [-0.39, 0.29) is 0 Å². The van der Waals surface area contributed by atoms with Gasteiger partial charge in [0.25, 0.3) is 0 Å². The summed E-state index contributed by atoms with van der Waals surface area (Å²) in [5, 5.41) is 5.18. The van der Waals surface area contributed by atoms with E-state index in [0.717, 1.165) is 28.9 Å². The number of benzene rings is 1. The average Bonchev–Trinajstić information content (AvgIpc) is 2.58. The van der Waals surface area contributed by atoms with Gasteiger partial charge in [-0.15, -0.1) is 11.6 Å². The molecule has 1 aromatic carbocycles. The molecule has 0 aliphatic heterocycles. The number of aryl methyl sites for hydroxylation is 3. The average molecular weight is 283 g/mol. The molecule has 2 aromatic rings. The van der Waals surface area contributed by atoms with Crippen LogP contribution >= 0.6 is 23.2 Å². The molecular weight excluding hydrogens is 267 g/mol. The van der Waals surface area contributed by atoms with Gasteiger partial charge in [-0.05, 0) is 38.8 Å². The summed E-state index contributed by atoms with van der Waals surface area (Å²) in [5.74, 6) is 0.555. The van der Waals surface area contributed by atoms with Crippen LogP contribution in [0.4, 0.5) is 0 Å². The molecular formula is C14H16Cl2N2. The van der Waals surface area contributed by atoms with E-state index in [1.807, 2.05) is 13.0 Å². The topological polar surface area (TPSA) is 17.8 Å². The summed E-state index contributed by atoms with van der Waals surface area (Å²) in [6, 6.07) is 6.24. The molecule has 0 saturated heterocycles. The van der Waals surface area contributed by atoms with E-state index < -0.39 is 0 Å². The predicted octanol–water partition coefficient (Wildman–Crippen LogP) is 4.23. The van der Waals surface area contributed by atoms with Gasteiger partial charge in [0.1, 0.15) is 5.15 Å². The molecule has 0 spiro atoms. The molecule has 2 nitrogen and oxygen atoms in total. The Hall–Kier alpha value is -0.990. The van der Waals surface area contributed by atoms with Gasteiger partial charge in [0, 0.05) is 11.4 Å². The van der Waals surface area contributed by atoms with E-state index in [0.29, 0.717) is 11.0 Å². The van der Waals surface area contributed by atoms with Crippen molar-refractivity contribution in [1.82, 2.24) is 9.78 Å². The van der Waals surface area contributed by atoms with Crippen LogP contribution in [0.5, 0.6) is 0 Å². The maximum Gasteiger partial charge on any atom is 0.136 e. The first-order valence-electron chi connectivity index (χ1n) is 5.92. The van der Waals surface area contributed by atoms with Crippen molar-refractivity contribution in [1.29, 1.82) is 0 Å². The van der Waals surface area contributed by atoms with Gasteiger partial charge < -0.3 is 0 Å². The number of rotatable bonds is 3. The second-order valence-electron chi connectivity index (χ2n) is 4.50. The fourth-order valence-electron chi connectivity index (χ4n) is 2.11. The van der Waals surface area contributed by atoms with Gasteiger partial charge >= 0.3 is 0 Å². The molecule has 18 heavy (non-hydrogen) atoms. The zero-order valence-electron chi connectivity index (χ0n) is 10.8. The lowest BCUT2D eigenvalue weighted by Gasteiger charge is -2.08. The number of nitrogens with zero attached hydrogens (tertiary/aromatic N) is 2. The lowest BCUT2D eigenvalue weighted by atomic mass is 10.1. The molecule has 0 unspecified atom stereocenters. The summed E-state index contributed by atoms with van der Waals surface area (Å²) in [5.41, 5.74) is 5.40. The van der Waals surface area contributed by atoms with Gasteiger partial charge in [-0.3, -0.25) is 0 Å². The summed E-state index contributed by atoms with van der Waals surface area (Å²) < 4.78 is 1.80. The standard InChI is InChI=1S/C14H16Cl2N2/c1-9-4-5-13(10(2)8-9)18-14(16)12(6-7-15)11(3)17-18/h4-5,8H,6-7H2,1-3H3. The number of alkyl halides is 1. The Morgan fingerprint density at radius 3 is 2.56 bits per heavy atom. The molecule has 96 valence electrons. The smallest absolute Gasteiger partial charge is 0.136 e. The van der Waals surface area contributed by atoms with Crippen molar-refractivity contribution in [2.45, 2.75) is 27.2 Å². The van der Waals surface area contributed by atoms with Crippen molar-refractivity contribution < 1.29 is 0 Å². The Labute approximate surface area is 118 Å². The second kappa shape index (κ2) is 5.33. The zero-order valence-corrected chi connectivity index (χ0v) is 12.3. The van der Waals surface area contributed by atoms with E-state index in [4.69, 9.17) is 23.2 Å². The van der Waals surface area contributed by atoms with Crippen molar-refractivity contribution in [2.75, 3.05) is 5.88 Å². The van der Waals surface area contributed by atoms with E-state index in [9.17, 15) is 0 Å². The molecule has 0 bridgehead atoms. The van der Waals surface area contributed by atoms with E-state index in [1.54, 1.807) is 4.68 Å². The molecule has 0 aliphatic carbocycles. The normalized spacial score (nSPS) is 10.9. The Morgan fingerprint density at radius 2 is 1.94 bits per heavy atom. The van der Waals surface area contributed by atoms with Crippen molar-refractivity contribution >= 4 is 23.2 Å². The minimum atomic E-state index is 0.555. The molecule has 0 fully saturated rings. The predicted molar refractivity (Wildman–Crippen MR) is 77.2 cm³/mol. The summed E-state index contributed by atoms with van der Waals surface area (Å²) in [4.78, 5) is 0. The highest BCUT2D eigenvalue weighted by molar-refractivity contribution is 6.30. The molecule has 1 heterocycles. The van der Waals surface area contributed by atoms with Crippen molar-refractivity contribution in [3.8, 4) is 5.69 Å². The minimum Gasteiger partial charge on any atom is -0.221 e. The first kappa shape index (κ1) is 13.4. The Morgan fingerprint density at radius 1 is 1.22 bits per heavy atom. The summed E-state index contributed by atoms with van der Waals surface area (Å²) >= 11 is 12.2. The summed E-state index contributed by atoms with van der Waals surface area (Å²) in [6.45, 7) is 6.11. The molecule has 0 amide bonds. The van der Waals surface area contributed by atoms with Crippen molar-refractivity contribution in [2.24, 2.45) is 0 Å². The highest BCUT2D eigenvalue weighted by Gasteiger charge is 2.15. The quantitative estimate of drug-likeness (QED) is 0.771. The third kappa shape index (κ3) is 2.40. The van der Waals surface area contributed by atoms with Crippen LogP contribution in [0.2, 0.25) is 5.15 Å². The van der Waals surface area contributed by atoms with Crippen molar-refractivity contribution in [3.63, 3.8) is 0 Å². The lowest BCUT2D eigenvalue weighted by molar-refractivity contribution is 0.856. The molecule has 0 saturated carbocycles. The molecule has 2 rings (SSSR count). The summed E-state index contributed by atoms with van der Waals surface area (Å²) in [7, 11) is 0. The van der Waals surface area contributed by atoms with Gasteiger partial charge in [-0.1, -0.05) is 29.3 Å². The first-order chi connectivity index (χ1) is 8.54. The fourth-order valence-corrected chi connectivity index (χ4v) is 2.66. The minimum absolute atomic E-state index is 0.555. The highest BCUT2D eigenvalue weighted by atomic mass is 35.5. The second-order valence-corrected chi connectivity index (χ2v) is 5.23. The van der Waals surface area contributed by atoms with Crippen molar-refractivity contribution in [3.05, 3.63) is 45.7 Å². The van der Waals surface area contributed by atoms with Gasteiger partial charge in [-0.2, -0.15) is 5.10 Å². The van der Waals surface area contributed by atoms with Crippen LogP contribution in [0.1, 0.15) is 22.4 Å². The summed E-state index contributed by atoms with van der Waals surface area (Å²) in [6.07, 6.45) is 0.747. The Balaban J connectivity index is 2.54. The van der Waals surface area contributed by atoms with Gasteiger partial charge in [0.05, 0.1) is 11.4 Å². The Bertz CT molecular complexity index is 573. The zero-order chi connectivity index (χ0) is 13.3. The molecule has 0 radical (unpaired) electrons. The number of halogens is 2. The lowest BCUT2D eigenvalue weighted by Crippen LogP contribution is -2.00. The van der Waals surface area contributed by atoms with Crippen LogP contribution in [0.3, 0.4) is 0 Å². The number of hydrogen-bond acceptors (Lipinski definition) is 1. The fraction of sp³-hybridized carbons (Fsp3) is 0.357. The van der Waals surface area contributed by atoms with Crippen LogP contribution in [0.25, 0.3) is 5.69 Å². The van der Waals surface area contributed by atoms with Crippen LogP contribution in [0.15, 0.2) is 18.2 Å². The monoisotopic (exact) mass is 282 g/mol. The molecule has 0 aliphatic rings. The van der Waals surface area contributed by atoms with Gasteiger partial charge in [0.2, 0.25) is 0 Å². The number of hydrogen-bond donors (Lipinski definition) is 0. The van der Waals surface area contributed by atoms with E-state index in [1.165, 1.54) is 5.56 Å². The molecule has 0 N–H and O–H groups in total. The molecule has 0 atom stereocenters. The largest absolute Gasteiger partial charge is 0.221 e. The third-order valence-corrected chi connectivity index (χ3v) is 3.62. The highest BCUT2D eigenvalue weighted by Crippen LogP contribution is 2.26. The maximum atomic E-state index is 6.40. The Kier molecular flexibility index (Phi) is 3.98. The van der Waals surface area contributed by atoms with Crippen LogP contribution in [-0.2, 0) is 6.42 Å². The van der Waals surface area contributed by atoms with Crippen LogP contribution in [-0.4, -0.2) is 15.7 Å². The molecule has 1 aromatic heterocycles. The van der Waals surface area contributed by atoms with Gasteiger partial charge in [-0.25, -0.2) is 4.68 Å². The van der Waals surface area contributed by atoms with Crippen LogP contribution in [0, 0.1) is 20.8 Å². The number of aromatic nitrogens is 2.